The van der Waals surface area contributed by atoms with E-state index < -0.39 is 0 Å². The van der Waals surface area contributed by atoms with Crippen LogP contribution in [0.2, 0.25) is 0 Å². The zero-order chi connectivity index (χ0) is 17.4. The van der Waals surface area contributed by atoms with E-state index in [0.29, 0.717) is 5.56 Å². The molecular formula is C21H25N3O. The van der Waals surface area contributed by atoms with Crippen molar-refractivity contribution in [3.8, 4) is 0 Å². The minimum atomic E-state index is 0.0529. The zero-order valence-corrected chi connectivity index (χ0v) is 15.0. The van der Waals surface area contributed by atoms with Crippen molar-refractivity contribution >= 4 is 17.3 Å². The molecule has 0 radical (unpaired) electrons. The molecule has 2 aromatic rings. The number of pyridine rings is 1. The van der Waals surface area contributed by atoms with E-state index in [4.69, 9.17) is 0 Å². The number of rotatable bonds is 2. The summed E-state index contributed by atoms with van der Waals surface area (Å²) in [5.41, 5.74) is 4.03. The van der Waals surface area contributed by atoms with E-state index in [-0.39, 0.29) is 11.9 Å². The number of carbonyl (C=O) groups excluding carboxylic acids is 1. The molecular weight excluding hydrogens is 310 g/mol. The summed E-state index contributed by atoms with van der Waals surface area (Å²) in [6, 6.07) is 10.4. The smallest absolute Gasteiger partial charge is 0.260 e. The van der Waals surface area contributed by atoms with Crippen LogP contribution in [0.1, 0.15) is 42.6 Å². The van der Waals surface area contributed by atoms with E-state index in [1.807, 2.05) is 35.4 Å². The lowest BCUT2D eigenvalue weighted by atomic mass is 9.99. The van der Waals surface area contributed by atoms with Crippen LogP contribution in [0.15, 0.2) is 42.7 Å². The number of carbonyl (C=O) groups is 1. The molecule has 1 saturated heterocycles. The van der Waals surface area contributed by atoms with Crippen molar-refractivity contribution in [1.29, 1.82) is 0 Å². The number of hydrogen-bond donors (Lipinski definition) is 0. The molecule has 1 atom stereocenters. The van der Waals surface area contributed by atoms with Gasteiger partial charge in [0.1, 0.15) is 0 Å². The number of hydrogen-bond acceptors (Lipinski definition) is 3. The molecule has 1 unspecified atom stereocenters. The van der Waals surface area contributed by atoms with Crippen LogP contribution in [0.4, 0.5) is 11.4 Å². The van der Waals surface area contributed by atoms with E-state index in [1.54, 1.807) is 6.20 Å². The topological polar surface area (TPSA) is 36.4 Å². The van der Waals surface area contributed by atoms with Gasteiger partial charge in [0.15, 0.2) is 0 Å². The van der Waals surface area contributed by atoms with Gasteiger partial charge in [-0.3, -0.25) is 9.78 Å². The Morgan fingerprint density at radius 3 is 2.68 bits per heavy atom. The molecule has 0 bridgehead atoms. The first-order valence-corrected chi connectivity index (χ1v) is 9.25. The molecule has 2 aliphatic rings. The van der Waals surface area contributed by atoms with Gasteiger partial charge in [-0.1, -0.05) is 25.1 Å². The van der Waals surface area contributed by atoms with E-state index >= 15 is 0 Å². The van der Waals surface area contributed by atoms with Crippen LogP contribution in [0.3, 0.4) is 0 Å². The number of fused-ring (bicyclic) bond motifs is 1. The average molecular weight is 335 g/mol. The molecule has 1 aromatic heterocycles. The number of piperidine rings is 1. The third-order valence-electron chi connectivity index (χ3n) is 5.55. The standard InChI is InChI=1S/C21H25N3O/c1-15-7-9-23(10-8-15)19-12-18(13-22-14-19)21(25)24-16(2)11-17-5-3-4-6-20(17)24/h3-6,12-16H,7-11H2,1-2H3. The molecule has 25 heavy (non-hydrogen) atoms. The van der Waals surface area contributed by atoms with Gasteiger partial charge >= 0.3 is 0 Å². The van der Waals surface area contributed by atoms with Gasteiger partial charge in [-0.2, -0.15) is 0 Å². The summed E-state index contributed by atoms with van der Waals surface area (Å²) in [6.07, 6.45) is 6.91. The van der Waals surface area contributed by atoms with E-state index in [2.05, 4.69) is 29.8 Å². The van der Waals surface area contributed by atoms with Crippen molar-refractivity contribution in [2.75, 3.05) is 22.9 Å². The molecule has 0 saturated carbocycles. The molecule has 130 valence electrons. The molecule has 1 amide bonds. The predicted octanol–water partition coefficient (Wildman–Crippen LogP) is 3.91. The number of para-hydroxylation sites is 1. The second-order valence-corrected chi connectivity index (χ2v) is 7.46. The lowest BCUT2D eigenvalue weighted by molar-refractivity contribution is 0.0981. The maximum atomic E-state index is 13.2. The van der Waals surface area contributed by atoms with Gasteiger partial charge in [-0.15, -0.1) is 0 Å². The zero-order valence-electron chi connectivity index (χ0n) is 15.0. The van der Waals surface area contributed by atoms with E-state index in [1.165, 1.54) is 18.4 Å². The summed E-state index contributed by atoms with van der Waals surface area (Å²) < 4.78 is 0. The Hall–Kier alpha value is -2.36. The molecule has 4 heteroatoms. The molecule has 4 nitrogen and oxygen atoms in total. The number of amides is 1. The fourth-order valence-corrected chi connectivity index (χ4v) is 4.00. The van der Waals surface area contributed by atoms with Crippen molar-refractivity contribution in [3.05, 3.63) is 53.9 Å². The quantitative estimate of drug-likeness (QED) is 0.835. The Bertz CT molecular complexity index is 780. The third-order valence-corrected chi connectivity index (χ3v) is 5.55. The van der Waals surface area contributed by atoms with Crippen LogP contribution in [0, 0.1) is 5.92 Å². The van der Waals surface area contributed by atoms with Crippen LogP contribution in [0.25, 0.3) is 0 Å². The lowest BCUT2D eigenvalue weighted by Gasteiger charge is -2.32. The van der Waals surface area contributed by atoms with Crippen LogP contribution < -0.4 is 9.80 Å². The van der Waals surface area contributed by atoms with Crippen LogP contribution >= 0.6 is 0 Å². The Labute approximate surface area is 149 Å². The van der Waals surface area contributed by atoms with Gasteiger partial charge in [0.25, 0.3) is 5.91 Å². The highest BCUT2D eigenvalue weighted by molar-refractivity contribution is 6.08. The molecule has 0 N–H and O–H groups in total. The first kappa shape index (κ1) is 16.1. The van der Waals surface area contributed by atoms with Gasteiger partial charge in [-0.25, -0.2) is 0 Å². The van der Waals surface area contributed by atoms with Gasteiger partial charge in [0.2, 0.25) is 0 Å². The monoisotopic (exact) mass is 335 g/mol. The van der Waals surface area contributed by atoms with Crippen LogP contribution in [-0.2, 0) is 6.42 Å². The van der Waals surface area contributed by atoms with Gasteiger partial charge in [0.05, 0.1) is 17.4 Å². The highest BCUT2D eigenvalue weighted by Gasteiger charge is 2.31. The maximum Gasteiger partial charge on any atom is 0.260 e. The normalized spacial score (nSPS) is 20.6. The number of benzene rings is 1. The Kier molecular flexibility index (Phi) is 4.20. The van der Waals surface area contributed by atoms with Crippen LogP contribution in [-0.4, -0.2) is 30.0 Å². The summed E-state index contributed by atoms with van der Waals surface area (Å²) in [5, 5.41) is 0. The lowest BCUT2D eigenvalue weighted by Crippen LogP contribution is -2.36. The highest BCUT2D eigenvalue weighted by atomic mass is 16.2. The maximum absolute atomic E-state index is 13.2. The van der Waals surface area contributed by atoms with Crippen molar-refractivity contribution in [2.45, 2.75) is 39.2 Å². The molecule has 1 aromatic carbocycles. The molecule has 4 rings (SSSR count). The second kappa shape index (κ2) is 6.51. The largest absolute Gasteiger partial charge is 0.370 e. The number of aromatic nitrogens is 1. The Morgan fingerprint density at radius 2 is 1.88 bits per heavy atom. The summed E-state index contributed by atoms with van der Waals surface area (Å²) in [7, 11) is 0. The second-order valence-electron chi connectivity index (χ2n) is 7.46. The molecule has 1 fully saturated rings. The van der Waals surface area contributed by atoms with E-state index in [9.17, 15) is 4.79 Å². The molecule has 0 aliphatic carbocycles. The molecule has 2 aliphatic heterocycles. The molecule has 3 heterocycles. The summed E-state index contributed by atoms with van der Waals surface area (Å²) >= 11 is 0. The van der Waals surface area contributed by atoms with Gasteiger partial charge in [-0.05, 0) is 49.8 Å². The van der Waals surface area contributed by atoms with E-state index in [0.717, 1.165) is 36.8 Å². The van der Waals surface area contributed by atoms with Crippen molar-refractivity contribution in [2.24, 2.45) is 5.92 Å². The Balaban J connectivity index is 1.60. The summed E-state index contributed by atoms with van der Waals surface area (Å²) in [5.74, 6) is 0.841. The van der Waals surface area contributed by atoms with Crippen LogP contribution in [0.5, 0.6) is 0 Å². The fourth-order valence-electron chi connectivity index (χ4n) is 4.00. The predicted molar refractivity (Wildman–Crippen MR) is 101 cm³/mol. The third kappa shape index (κ3) is 3.01. The highest BCUT2D eigenvalue weighted by Crippen LogP contribution is 2.33. The Morgan fingerprint density at radius 1 is 1.12 bits per heavy atom. The number of nitrogens with zero attached hydrogens (tertiary/aromatic N) is 3. The molecule has 0 spiro atoms. The van der Waals surface area contributed by atoms with Crippen molar-refractivity contribution in [3.63, 3.8) is 0 Å². The van der Waals surface area contributed by atoms with Gasteiger partial charge in [0, 0.05) is 31.0 Å². The minimum Gasteiger partial charge on any atom is -0.370 e. The SMILES string of the molecule is CC1CCN(c2cncc(C(=O)N3c4ccccc4CC3C)c2)CC1. The summed E-state index contributed by atoms with van der Waals surface area (Å²) in [4.78, 5) is 21.8. The fraction of sp³-hybridized carbons (Fsp3) is 0.429. The first-order valence-electron chi connectivity index (χ1n) is 9.25. The van der Waals surface area contributed by atoms with Crippen molar-refractivity contribution in [1.82, 2.24) is 4.98 Å². The minimum absolute atomic E-state index is 0.0529. The van der Waals surface area contributed by atoms with Gasteiger partial charge < -0.3 is 9.80 Å². The first-order chi connectivity index (χ1) is 12.1. The van der Waals surface area contributed by atoms with Crippen molar-refractivity contribution < 1.29 is 4.79 Å². The number of anilines is 2. The average Bonchev–Trinajstić information content (AvgIpc) is 2.97. The summed E-state index contributed by atoms with van der Waals surface area (Å²) in [6.45, 7) is 6.51.